The summed E-state index contributed by atoms with van der Waals surface area (Å²) in [5.74, 6) is -0.179. The van der Waals surface area contributed by atoms with Crippen molar-refractivity contribution in [2.45, 2.75) is 38.7 Å². The van der Waals surface area contributed by atoms with Crippen molar-refractivity contribution in [3.8, 4) is 0 Å². The predicted molar refractivity (Wildman–Crippen MR) is 58.9 cm³/mol. The van der Waals surface area contributed by atoms with E-state index in [1.54, 1.807) is 0 Å². The SMILES string of the molecule is Cc1ccc(C(=O)OC2CCCC2)cc1. The summed E-state index contributed by atoms with van der Waals surface area (Å²) in [6.07, 6.45) is 4.58. The normalized spacial score (nSPS) is 16.6. The predicted octanol–water partition coefficient (Wildman–Crippen LogP) is 3.09. The van der Waals surface area contributed by atoms with E-state index in [2.05, 4.69) is 0 Å². The highest BCUT2D eigenvalue weighted by atomic mass is 16.5. The highest BCUT2D eigenvalue weighted by Gasteiger charge is 2.19. The van der Waals surface area contributed by atoms with Gasteiger partial charge in [-0.15, -0.1) is 0 Å². The lowest BCUT2D eigenvalue weighted by molar-refractivity contribution is 0.0318. The van der Waals surface area contributed by atoms with Gasteiger partial charge in [0.15, 0.2) is 0 Å². The summed E-state index contributed by atoms with van der Waals surface area (Å²) in [6.45, 7) is 2.01. The lowest BCUT2D eigenvalue weighted by Gasteiger charge is -2.11. The van der Waals surface area contributed by atoms with Gasteiger partial charge in [0, 0.05) is 0 Å². The van der Waals surface area contributed by atoms with Gasteiger partial charge < -0.3 is 4.74 Å². The molecular formula is C13H16O2. The van der Waals surface area contributed by atoms with Crippen LogP contribution in [-0.4, -0.2) is 12.1 Å². The number of carbonyl (C=O) groups excluding carboxylic acids is 1. The van der Waals surface area contributed by atoms with Gasteiger partial charge in [-0.3, -0.25) is 0 Å². The van der Waals surface area contributed by atoms with Crippen LogP contribution >= 0.6 is 0 Å². The standard InChI is InChI=1S/C13H16O2/c1-10-6-8-11(9-7-10)13(14)15-12-4-2-3-5-12/h6-9,12H,2-5H2,1H3. The van der Waals surface area contributed by atoms with Crippen molar-refractivity contribution < 1.29 is 9.53 Å². The monoisotopic (exact) mass is 204 g/mol. The molecular weight excluding hydrogens is 188 g/mol. The third-order valence-corrected chi connectivity index (χ3v) is 2.86. The first-order chi connectivity index (χ1) is 7.25. The van der Waals surface area contributed by atoms with Crippen LogP contribution < -0.4 is 0 Å². The molecule has 15 heavy (non-hydrogen) atoms. The highest BCUT2D eigenvalue weighted by Crippen LogP contribution is 2.22. The number of benzene rings is 1. The van der Waals surface area contributed by atoms with Gasteiger partial charge in [0.05, 0.1) is 5.56 Å². The third-order valence-electron chi connectivity index (χ3n) is 2.86. The summed E-state index contributed by atoms with van der Waals surface area (Å²) in [4.78, 5) is 11.7. The number of ether oxygens (including phenoxy) is 1. The molecule has 1 fully saturated rings. The van der Waals surface area contributed by atoms with Gasteiger partial charge in [-0.25, -0.2) is 4.79 Å². The maximum atomic E-state index is 11.7. The van der Waals surface area contributed by atoms with Crippen LogP contribution in [0.2, 0.25) is 0 Å². The van der Waals surface area contributed by atoms with Crippen LogP contribution in [-0.2, 0) is 4.74 Å². The number of rotatable bonds is 2. The zero-order valence-electron chi connectivity index (χ0n) is 9.03. The number of aryl methyl sites for hydroxylation is 1. The van der Waals surface area contributed by atoms with E-state index in [1.807, 2.05) is 31.2 Å². The quantitative estimate of drug-likeness (QED) is 0.692. The second-order valence-electron chi connectivity index (χ2n) is 4.18. The molecule has 0 saturated heterocycles. The summed E-state index contributed by atoms with van der Waals surface area (Å²) in [5, 5.41) is 0. The molecule has 2 heteroatoms. The largest absolute Gasteiger partial charge is 0.459 e. The summed E-state index contributed by atoms with van der Waals surface area (Å²) >= 11 is 0. The molecule has 0 radical (unpaired) electrons. The van der Waals surface area contributed by atoms with Crippen molar-refractivity contribution in [3.05, 3.63) is 35.4 Å². The minimum Gasteiger partial charge on any atom is -0.459 e. The second kappa shape index (κ2) is 4.47. The molecule has 1 aliphatic rings. The van der Waals surface area contributed by atoms with E-state index in [0.717, 1.165) is 18.4 Å². The summed E-state index contributed by atoms with van der Waals surface area (Å²) in [6, 6.07) is 7.52. The lowest BCUT2D eigenvalue weighted by Crippen LogP contribution is -2.14. The van der Waals surface area contributed by atoms with Gasteiger partial charge in [-0.1, -0.05) is 17.7 Å². The van der Waals surface area contributed by atoms with E-state index in [9.17, 15) is 4.79 Å². The van der Waals surface area contributed by atoms with Crippen LogP contribution in [0.1, 0.15) is 41.6 Å². The van der Waals surface area contributed by atoms with E-state index in [4.69, 9.17) is 4.74 Å². The summed E-state index contributed by atoms with van der Waals surface area (Å²) in [5.41, 5.74) is 1.82. The van der Waals surface area contributed by atoms with Crippen LogP contribution in [0, 0.1) is 6.92 Å². The molecule has 1 saturated carbocycles. The number of hydrogen-bond donors (Lipinski definition) is 0. The first kappa shape index (κ1) is 10.2. The molecule has 0 unspecified atom stereocenters. The van der Waals surface area contributed by atoms with Crippen molar-refractivity contribution >= 4 is 5.97 Å². The van der Waals surface area contributed by atoms with Crippen molar-refractivity contribution in [2.24, 2.45) is 0 Å². The smallest absolute Gasteiger partial charge is 0.338 e. The lowest BCUT2D eigenvalue weighted by atomic mass is 10.1. The second-order valence-corrected chi connectivity index (χ2v) is 4.18. The molecule has 0 amide bonds. The Morgan fingerprint density at radius 3 is 2.40 bits per heavy atom. The van der Waals surface area contributed by atoms with Crippen LogP contribution in [0.15, 0.2) is 24.3 Å². The zero-order chi connectivity index (χ0) is 10.7. The van der Waals surface area contributed by atoms with Crippen molar-refractivity contribution in [3.63, 3.8) is 0 Å². The number of carbonyl (C=O) groups is 1. The molecule has 0 heterocycles. The Bertz CT molecular complexity index is 334. The molecule has 0 spiro atoms. The Morgan fingerprint density at radius 1 is 1.20 bits per heavy atom. The molecule has 2 nitrogen and oxygen atoms in total. The van der Waals surface area contributed by atoms with Gasteiger partial charge in [0.25, 0.3) is 0 Å². The first-order valence-corrected chi connectivity index (χ1v) is 5.53. The van der Waals surface area contributed by atoms with E-state index in [1.165, 1.54) is 12.8 Å². The fraction of sp³-hybridized carbons (Fsp3) is 0.462. The van der Waals surface area contributed by atoms with Gasteiger partial charge in [-0.05, 0) is 44.7 Å². The number of esters is 1. The van der Waals surface area contributed by atoms with E-state index in [-0.39, 0.29) is 12.1 Å². The van der Waals surface area contributed by atoms with Crippen molar-refractivity contribution in [1.82, 2.24) is 0 Å². The molecule has 1 aromatic carbocycles. The minimum absolute atomic E-state index is 0.152. The highest BCUT2D eigenvalue weighted by molar-refractivity contribution is 5.89. The van der Waals surface area contributed by atoms with Crippen LogP contribution in [0.4, 0.5) is 0 Å². The molecule has 0 bridgehead atoms. The fourth-order valence-electron chi connectivity index (χ4n) is 1.92. The third kappa shape index (κ3) is 2.58. The van der Waals surface area contributed by atoms with Crippen LogP contribution in [0.25, 0.3) is 0 Å². The van der Waals surface area contributed by atoms with E-state index < -0.39 is 0 Å². The fourth-order valence-corrected chi connectivity index (χ4v) is 1.92. The Morgan fingerprint density at radius 2 is 1.80 bits per heavy atom. The molecule has 1 aromatic rings. The van der Waals surface area contributed by atoms with Gasteiger partial charge >= 0.3 is 5.97 Å². The Balaban J connectivity index is 1.98. The Hall–Kier alpha value is -1.31. The molecule has 1 aliphatic carbocycles. The average Bonchev–Trinajstić information content (AvgIpc) is 2.71. The van der Waals surface area contributed by atoms with Crippen molar-refractivity contribution in [1.29, 1.82) is 0 Å². The van der Waals surface area contributed by atoms with Crippen LogP contribution in [0.5, 0.6) is 0 Å². The summed E-state index contributed by atoms with van der Waals surface area (Å²) in [7, 11) is 0. The molecule has 2 rings (SSSR count). The van der Waals surface area contributed by atoms with E-state index in [0.29, 0.717) is 5.56 Å². The van der Waals surface area contributed by atoms with Gasteiger partial charge in [-0.2, -0.15) is 0 Å². The molecule has 0 N–H and O–H groups in total. The Kier molecular flexibility index (Phi) is 3.05. The topological polar surface area (TPSA) is 26.3 Å². The first-order valence-electron chi connectivity index (χ1n) is 5.53. The maximum Gasteiger partial charge on any atom is 0.338 e. The number of hydrogen-bond acceptors (Lipinski definition) is 2. The molecule has 80 valence electrons. The molecule has 0 atom stereocenters. The average molecular weight is 204 g/mol. The van der Waals surface area contributed by atoms with Gasteiger partial charge in [0.2, 0.25) is 0 Å². The van der Waals surface area contributed by atoms with Crippen LogP contribution in [0.3, 0.4) is 0 Å². The van der Waals surface area contributed by atoms with E-state index >= 15 is 0 Å². The minimum atomic E-state index is -0.179. The molecule has 0 aromatic heterocycles. The van der Waals surface area contributed by atoms with Gasteiger partial charge in [0.1, 0.15) is 6.10 Å². The zero-order valence-corrected chi connectivity index (χ0v) is 9.03. The summed E-state index contributed by atoms with van der Waals surface area (Å²) < 4.78 is 5.40. The molecule has 0 aliphatic heterocycles. The maximum absolute atomic E-state index is 11.7. The Labute approximate surface area is 90.3 Å². The van der Waals surface area contributed by atoms with Crippen molar-refractivity contribution in [2.75, 3.05) is 0 Å².